The van der Waals surface area contributed by atoms with Gasteiger partial charge in [0.25, 0.3) is 0 Å². The molecule has 312 valence electrons. The molecule has 0 amide bonds. The Bertz CT molecular complexity index is 3410. The average Bonchev–Trinajstić information content (AvgIpc) is 4.02. The van der Waals surface area contributed by atoms with Crippen LogP contribution < -0.4 is 0 Å². The van der Waals surface area contributed by atoms with E-state index in [0.717, 1.165) is 111 Å². The third kappa shape index (κ3) is 7.21. The van der Waals surface area contributed by atoms with Crippen LogP contribution in [0, 0.1) is 13.8 Å². The predicted octanol–water partition coefficient (Wildman–Crippen LogP) is 15.9. The van der Waals surface area contributed by atoms with Gasteiger partial charge in [-0.15, -0.1) is 0 Å². The van der Waals surface area contributed by atoms with E-state index in [0.29, 0.717) is 11.8 Å². The fraction of sp³-hybridized carbons (Fsp3) is 0.0333. The molecule has 12 aromatic rings. The molecule has 0 radical (unpaired) electrons. The molecule has 0 spiro atoms. The maximum absolute atomic E-state index is 6.05. The first-order chi connectivity index (χ1) is 32.5. The van der Waals surface area contributed by atoms with Crippen molar-refractivity contribution in [3.63, 3.8) is 0 Å². The quantitative estimate of drug-likeness (QED) is 0.152. The van der Waals surface area contributed by atoms with Crippen molar-refractivity contribution in [1.82, 2.24) is 19.9 Å². The number of para-hydroxylation sites is 4. The summed E-state index contributed by atoms with van der Waals surface area (Å²) in [6, 6.07) is 71.4. The van der Waals surface area contributed by atoms with E-state index >= 15 is 0 Å². The second kappa shape index (κ2) is 16.1. The molecular formula is C60H40N4O2. The summed E-state index contributed by atoms with van der Waals surface area (Å²) in [4.78, 5) is 20.7. The van der Waals surface area contributed by atoms with E-state index < -0.39 is 0 Å². The Morgan fingerprint density at radius 2 is 0.576 bits per heavy atom. The van der Waals surface area contributed by atoms with Crippen LogP contribution in [0.1, 0.15) is 11.1 Å². The summed E-state index contributed by atoms with van der Waals surface area (Å²) in [5.41, 5.74) is 21.4. The van der Waals surface area contributed by atoms with Gasteiger partial charge in [0.2, 0.25) is 11.8 Å². The van der Waals surface area contributed by atoms with Crippen LogP contribution in [-0.2, 0) is 0 Å². The summed E-state index contributed by atoms with van der Waals surface area (Å²) in [6.07, 6.45) is 0. The maximum atomic E-state index is 6.05. The van der Waals surface area contributed by atoms with Gasteiger partial charge in [0.15, 0.2) is 11.2 Å². The molecule has 0 aliphatic heterocycles. The Kier molecular flexibility index (Phi) is 9.50. The molecule has 0 saturated carbocycles. The largest absolute Gasteiger partial charge is 0.436 e. The van der Waals surface area contributed by atoms with Crippen LogP contribution in [-0.4, -0.2) is 19.9 Å². The molecule has 66 heavy (non-hydrogen) atoms. The summed E-state index contributed by atoms with van der Waals surface area (Å²) in [5, 5.41) is 0. The van der Waals surface area contributed by atoms with Crippen molar-refractivity contribution >= 4 is 33.2 Å². The zero-order chi connectivity index (χ0) is 44.1. The van der Waals surface area contributed by atoms with Gasteiger partial charge in [-0.25, -0.2) is 19.9 Å². The number of benzene rings is 9. The number of hydrogen-bond acceptors (Lipinski definition) is 6. The SMILES string of the molecule is Cc1ccc(-c2ccc(-c3ccc(C)cc3)c3nc(-c4ccc(-c5ccc(-c6nc7ccccc7o6)cc5)cc4)c(-c4ccc(-c5ccc(-c6nc7ccccc7o6)cc5)cc4)nc23)cc1. The number of rotatable bonds is 8. The lowest BCUT2D eigenvalue weighted by atomic mass is 9.94. The number of fused-ring (bicyclic) bond motifs is 3. The van der Waals surface area contributed by atoms with Crippen molar-refractivity contribution in [1.29, 1.82) is 0 Å². The normalized spacial score (nSPS) is 11.5. The van der Waals surface area contributed by atoms with Crippen molar-refractivity contribution in [3.05, 3.63) is 217 Å². The summed E-state index contributed by atoms with van der Waals surface area (Å²) in [7, 11) is 0. The molecule has 0 atom stereocenters. The summed E-state index contributed by atoms with van der Waals surface area (Å²) in [6.45, 7) is 4.23. The van der Waals surface area contributed by atoms with Crippen LogP contribution in [0.15, 0.2) is 215 Å². The Morgan fingerprint density at radius 3 is 0.924 bits per heavy atom. The number of aryl methyl sites for hydroxylation is 2. The minimum absolute atomic E-state index is 0.610. The second-order valence-electron chi connectivity index (χ2n) is 16.8. The fourth-order valence-electron chi connectivity index (χ4n) is 8.71. The molecule has 0 N–H and O–H groups in total. The van der Waals surface area contributed by atoms with Crippen LogP contribution in [0.5, 0.6) is 0 Å². The van der Waals surface area contributed by atoms with Gasteiger partial charge in [0, 0.05) is 33.4 Å². The summed E-state index contributed by atoms with van der Waals surface area (Å²) < 4.78 is 12.1. The molecule has 0 saturated heterocycles. The molecular weight excluding hydrogens is 809 g/mol. The first-order valence-corrected chi connectivity index (χ1v) is 22.1. The van der Waals surface area contributed by atoms with Gasteiger partial charge in [0.05, 0.1) is 22.4 Å². The topological polar surface area (TPSA) is 77.8 Å². The van der Waals surface area contributed by atoms with Crippen LogP contribution >= 0.6 is 0 Å². The number of hydrogen-bond donors (Lipinski definition) is 0. The van der Waals surface area contributed by atoms with E-state index in [1.807, 2.05) is 48.5 Å². The molecule has 0 bridgehead atoms. The van der Waals surface area contributed by atoms with E-state index in [1.54, 1.807) is 0 Å². The predicted molar refractivity (Wildman–Crippen MR) is 268 cm³/mol. The third-order valence-corrected chi connectivity index (χ3v) is 12.4. The minimum Gasteiger partial charge on any atom is -0.436 e. The van der Waals surface area contributed by atoms with E-state index in [9.17, 15) is 0 Å². The van der Waals surface area contributed by atoms with Crippen molar-refractivity contribution in [2.24, 2.45) is 0 Å². The van der Waals surface area contributed by atoms with E-state index in [2.05, 4.69) is 172 Å². The maximum Gasteiger partial charge on any atom is 0.227 e. The molecule has 3 aromatic heterocycles. The van der Waals surface area contributed by atoms with Gasteiger partial charge < -0.3 is 8.83 Å². The van der Waals surface area contributed by atoms with Crippen molar-refractivity contribution in [2.45, 2.75) is 13.8 Å². The highest BCUT2D eigenvalue weighted by Gasteiger charge is 2.20. The minimum atomic E-state index is 0.610. The Hall–Kier alpha value is -8.74. The second-order valence-corrected chi connectivity index (χ2v) is 16.8. The van der Waals surface area contributed by atoms with E-state index in [1.165, 1.54) is 11.1 Å². The smallest absolute Gasteiger partial charge is 0.227 e. The highest BCUT2D eigenvalue weighted by atomic mass is 16.4. The number of aromatic nitrogens is 4. The number of nitrogens with zero attached hydrogens (tertiary/aromatic N) is 4. The van der Waals surface area contributed by atoms with Crippen molar-refractivity contribution < 1.29 is 8.83 Å². The van der Waals surface area contributed by atoms with Gasteiger partial charge in [-0.2, -0.15) is 0 Å². The van der Waals surface area contributed by atoms with E-state index in [4.69, 9.17) is 28.8 Å². The Morgan fingerprint density at radius 1 is 0.273 bits per heavy atom. The lowest BCUT2D eigenvalue weighted by Crippen LogP contribution is -1.99. The average molecular weight is 849 g/mol. The molecule has 6 nitrogen and oxygen atoms in total. The monoisotopic (exact) mass is 848 g/mol. The lowest BCUT2D eigenvalue weighted by molar-refractivity contribution is 0.619. The molecule has 0 aliphatic carbocycles. The molecule has 0 aliphatic rings. The molecule has 3 heterocycles. The zero-order valence-electron chi connectivity index (χ0n) is 36.2. The van der Waals surface area contributed by atoms with Gasteiger partial charge in [0.1, 0.15) is 11.0 Å². The lowest BCUT2D eigenvalue weighted by Gasteiger charge is -2.16. The summed E-state index contributed by atoms with van der Waals surface area (Å²) in [5.74, 6) is 1.22. The highest BCUT2D eigenvalue weighted by Crippen LogP contribution is 2.40. The van der Waals surface area contributed by atoms with Crippen LogP contribution in [0.2, 0.25) is 0 Å². The van der Waals surface area contributed by atoms with Gasteiger partial charge in [-0.05, 0) is 95.8 Å². The first kappa shape index (κ1) is 38.9. The fourth-order valence-corrected chi connectivity index (χ4v) is 8.71. The molecule has 0 fully saturated rings. The summed E-state index contributed by atoms with van der Waals surface area (Å²) >= 11 is 0. The van der Waals surface area contributed by atoms with Crippen molar-refractivity contribution in [2.75, 3.05) is 0 Å². The highest BCUT2D eigenvalue weighted by molar-refractivity contribution is 6.03. The Labute approximate surface area is 381 Å². The standard InChI is InChI=1S/C60H40N4O2/c1-37-11-15-43(16-12-37)49-35-36-50(44-17-13-38(2)14-18-44)58-57(49)63-55(45-27-19-39(20-28-45)41-23-31-47(32-24-41)59-61-51-7-3-5-9-53(51)65-59)56(64-58)46-29-21-40(22-30-46)42-25-33-48(34-26-42)60-62-52-8-4-6-10-54(52)66-60/h3-36H,1-2H3. The third-order valence-electron chi connectivity index (χ3n) is 12.4. The van der Waals surface area contributed by atoms with Crippen molar-refractivity contribution in [3.8, 4) is 89.9 Å². The van der Waals surface area contributed by atoms with Crippen LogP contribution in [0.4, 0.5) is 0 Å². The van der Waals surface area contributed by atoms with Crippen LogP contribution in [0.25, 0.3) is 123 Å². The van der Waals surface area contributed by atoms with E-state index in [-0.39, 0.29) is 0 Å². The molecule has 0 unspecified atom stereocenters. The first-order valence-electron chi connectivity index (χ1n) is 22.1. The Balaban J connectivity index is 0.957. The van der Waals surface area contributed by atoms with Gasteiger partial charge >= 0.3 is 0 Å². The molecule has 12 rings (SSSR count). The molecule has 9 aromatic carbocycles. The van der Waals surface area contributed by atoms with Gasteiger partial charge in [-0.1, -0.05) is 169 Å². The van der Waals surface area contributed by atoms with Gasteiger partial charge in [-0.3, -0.25) is 0 Å². The molecule has 6 heteroatoms. The number of oxazole rings is 2. The zero-order valence-corrected chi connectivity index (χ0v) is 36.2. The van der Waals surface area contributed by atoms with Crippen LogP contribution in [0.3, 0.4) is 0 Å².